The molecule has 0 aliphatic carbocycles. The molecule has 98 valence electrons. The molecule has 1 rings (SSSR count). The molecule has 1 aromatic rings. The van der Waals surface area contributed by atoms with Crippen LogP contribution in [0.5, 0.6) is 0 Å². The standard InChI is InChI=1S/C11H11ClF2N2O2/c12-3-1-2-10(17)16-9-4-6(11(15)18)7(13)5-8(9)14/h4-5H,1-3H2,(H2,15,18)(H,16,17). The predicted molar refractivity (Wildman–Crippen MR) is 63.5 cm³/mol. The van der Waals surface area contributed by atoms with E-state index in [0.29, 0.717) is 18.4 Å². The first-order chi connectivity index (χ1) is 8.45. The Labute approximate surface area is 107 Å². The summed E-state index contributed by atoms with van der Waals surface area (Å²) in [5.74, 6) is -3.26. The lowest BCUT2D eigenvalue weighted by Crippen LogP contribution is -2.17. The number of benzene rings is 1. The first kappa shape index (κ1) is 14.4. The molecule has 0 fully saturated rings. The van der Waals surface area contributed by atoms with E-state index in [4.69, 9.17) is 17.3 Å². The molecule has 2 amide bonds. The molecule has 0 bridgehead atoms. The van der Waals surface area contributed by atoms with Crippen LogP contribution >= 0.6 is 11.6 Å². The van der Waals surface area contributed by atoms with E-state index in [-0.39, 0.29) is 12.1 Å². The van der Waals surface area contributed by atoms with Crippen LogP contribution in [0.3, 0.4) is 0 Å². The summed E-state index contributed by atoms with van der Waals surface area (Å²) >= 11 is 5.40. The van der Waals surface area contributed by atoms with Crippen molar-refractivity contribution in [1.29, 1.82) is 0 Å². The molecule has 0 heterocycles. The van der Waals surface area contributed by atoms with Gasteiger partial charge in [0.25, 0.3) is 5.91 Å². The van der Waals surface area contributed by atoms with Gasteiger partial charge >= 0.3 is 0 Å². The molecule has 1 aromatic carbocycles. The lowest BCUT2D eigenvalue weighted by Gasteiger charge is -2.08. The summed E-state index contributed by atoms with van der Waals surface area (Å²) in [6, 6.07) is 1.36. The van der Waals surface area contributed by atoms with E-state index >= 15 is 0 Å². The first-order valence-corrected chi connectivity index (χ1v) is 5.63. The average molecular weight is 277 g/mol. The van der Waals surface area contributed by atoms with Gasteiger partial charge in [0.15, 0.2) is 0 Å². The fourth-order valence-corrected chi connectivity index (χ4v) is 1.41. The molecule has 0 atom stereocenters. The molecule has 7 heteroatoms. The lowest BCUT2D eigenvalue weighted by molar-refractivity contribution is -0.116. The van der Waals surface area contributed by atoms with Crippen molar-refractivity contribution in [3.05, 3.63) is 29.3 Å². The van der Waals surface area contributed by atoms with E-state index < -0.39 is 29.0 Å². The molecule has 0 aromatic heterocycles. The van der Waals surface area contributed by atoms with Crippen LogP contribution in [0.25, 0.3) is 0 Å². The summed E-state index contributed by atoms with van der Waals surface area (Å²) in [6.07, 6.45) is 0.533. The van der Waals surface area contributed by atoms with Crippen molar-refractivity contribution in [1.82, 2.24) is 0 Å². The summed E-state index contributed by atoms with van der Waals surface area (Å²) < 4.78 is 26.5. The number of carbonyl (C=O) groups excluding carboxylic acids is 2. The second-order valence-corrected chi connectivity index (χ2v) is 3.89. The van der Waals surface area contributed by atoms with Crippen molar-refractivity contribution in [2.75, 3.05) is 11.2 Å². The van der Waals surface area contributed by atoms with Crippen LogP contribution in [0.1, 0.15) is 23.2 Å². The molecular formula is C11H11ClF2N2O2. The molecule has 0 saturated carbocycles. The van der Waals surface area contributed by atoms with Crippen LogP contribution in [-0.4, -0.2) is 17.7 Å². The van der Waals surface area contributed by atoms with Gasteiger partial charge in [-0.05, 0) is 12.5 Å². The molecule has 0 unspecified atom stereocenters. The van der Waals surface area contributed by atoms with Crippen LogP contribution in [0.2, 0.25) is 0 Å². The minimum Gasteiger partial charge on any atom is -0.366 e. The smallest absolute Gasteiger partial charge is 0.251 e. The maximum Gasteiger partial charge on any atom is 0.251 e. The summed E-state index contributed by atoms with van der Waals surface area (Å²) in [6.45, 7) is 0. The van der Waals surface area contributed by atoms with Gasteiger partial charge < -0.3 is 11.1 Å². The van der Waals surface area contributed by atoms with E-state index in [1.54, 1.807) is 0 Å². The highest BCUT2D eigenvalue weighted by atomic mass is 35.5. The fourth-order valence-electron chi connectivity index (χ4n) is 1.27. The van der Waals surface area contributed by atoms with Crippen LogP contribution in [-0.2, 0) is 4.79 Å². The second-order valence-electron chi connectivity index (χ2n) is 3.52. The highest BCUT2D eigenvalue weighted by Crippen LogP contribution is 2.19. The average Bonchev–Trinajstić information content (AvgIpc) is 2.29. The number of hydrogen-bond acceptors (Lipinski definition) is 2. The monoisotopic (exact) mass is 276 g/mol. The zero-order chi connectivity index (χ0) is 13.7. The van der Waals surface area contributed by atoms with Gasteiger partial charge in [0.05, 0.1) is 11.3 Å². The van der Waals surface area contributed by atoms with Gasteiger partial charge in [-0.15, -0.1) is 11.6 Å². The second kappa shape index (κ2) is 6.30. The van der Waals surface area contributed by atoms with E-state index in [9.17, 15) is 18.4 Å². The quantitative estimate of drug-likeness (QED) is 0.808. The number of nitrogens with two attached hydrogens (primary N) is 1. The minimum atomic E-state index is -1.07. The Morgan fingerprint density at radius 2 is 1.94 bits per heavy atom. The van der Waals surface area contributed by atoms with Gasteiger partial charge in [0.1, 0.15) is 11.6 Å². The fraction of sp³-hybridized carbons (Fsp3) is 0.273. The van der Waals surface area contributed by atoms with Crippen molar-refractivity contribution in [2.45, 2.75) is 12.8 Å². The van der Waals surface area contributed by atoms with Gasteiger partial charge in [-0.2, -0.15) is 0 Å². The highest BCUT2D eigenvalue weighted by molar-refractivity contribution is 6.18. The van der Waals surface area contributed by atoms with Crippen LogP contribution in [0.15, 0.2) is 12.1 Å². The van der Waals surface area contributed by atoms with Gasteiger partial charge in [0.2, 0.25) is 5.91 Å². The Balaban J connectivity index is 2.92. The number of carbonyl (C=O) groups is 2. The number of alkyl halides is 1. The molecular weight excluding hydrogens is 266 g/mol. The van der Waals surface area contributed by atoms with E-state index in [1.807, 2.05) is 0 Å². The Bertz CT molecular complexity index is 480. The third kappa shape index (κ3) is 3.66. The zero-order valence-electron chi connectivity index (χ0n) is 9.30. The Kier molecular flexibility index (Phi) is 5.03. The Hall–Kier alpha value is -1.69. The third-order valence-electron chi connectivity index (χ3n) is 2.13. The normalized spacial score (nSPS) is 10.2. The van der Waals surface area contributed by atoms with Crippen LogP contribution in [0, 0.1) is 11.6 Å². The third-order valence-corrected chi connectivity index (χ3v) is 2.40. The SMILES string of the molecule is NC(=O)c1cc(NC(=O)CCCCl)c(F)cc1F. The molecule has 3 N–H and O–H groups in total. The van der Waals surface area contributed by atoms with E-state index in [0.717, 1.165) is 6.07 Å². The van der Waals surface area contributed by atoms with Crippen molar-refractivity contribution in [2.24, 2.45) is 5.73 Å². The first-order valence-electron chi connectivity index (χ1n) is 5.10. The number of halogens is 3. The molecule has 0 saturated heterocycles. The molecule has 18 heavy (non-hydrogen) atoms. The number of hydrogen-bond donors (Lipinski definition) is 2. The molecule has 0 radical (unpaired) electrons. The topological polar surface area (TPSA) is 72.2 Å². The number of amides is 2. The number of rotatable bonds is 5. The number of nitrogens with one attached hydrogen (secondary N) is 1. The summed E-state index contributed by atoms with van der Waals surface area (Å²) in [4.78, 5) is 22.2. The molecule has 0 aliphatic heterocycles. The number of anilines is 1. The van der Waals surface area contributed by atoms with Crippen molar-refractivity contribution in [3.8, 4) is 0 Å². The minimum absolute atomic E-state index is 0.103. The summed E-state index contributed by atoms with van der Waals surface area (Å²) in [5, 5.41) is 2.22. The van der Waals surface area contributed by atoms with Gasteiger partial charge in [-0.1, -0.05) is 0 Å². The summed E-state index contributed by atoms with van der Waals surface area (Å²) in [7, 11) is 0. The van der Waals surface area contributed by atoms with Crippen molar-refractivity contribution < 1.29 is 18.4 Å². The van der Waals surface area contributed by atoms with E-state index in [1.165, 1.54) is 0 Å². The number of primary amides is 1. The highest BCUT2D eigenvalue weighted by Gasteiger charge is 2.15. The van der Waals surface area contributed by atoms with Gasteiger partial charge in [-0.25, -0.2) is 8.78 Å². The largest absolute Gasteiger partial charge is 0.366 e. The van der Waals surface area contributed by atoms with Crippen LogP contribution < -0.4 is 11.1 Å². The van der Waals surface area contributed by atoms with E-state index in [2.05, 4.69) is 5.32 Å². The molecule has 0 aliphatic rings. The van der Waals surface area contributed by atoms with Gasteiger partial charge in [0, 0.05) is 18.4 Å². The molecule has 0 spiro atoms. The maximum atomic E-state index is 13.3. The van der Waals surface area contributed by atoms with Crippen molar-refractivity contribution >= 4 is 29.1 Å². The van der Waals surface area contributed by atoms with Crippen molar-refractivity contribution in [3.63, 3.8) is 0 Å². The molecule has 4 nitrogen and oxygen atoms in total. The predicted octanol–water partition coefficient (Wildman–Crippen LogP) is 2.02. The summed E-state index contributed by atoms with van der Waals surface area (Å²) in [5.41, 5.74) is 4.14. The van der Waals surface area contributed by atoms with Crippen LogP contribution in [0.4, 0.5) is 14.5 Å². The Morgan fingerprint density at radius 1 is 1.28 bits per heavy atom. The lowest BCUT2D eigenvalue weighted by atomic mass is 10.1. The maximum absolute atomic E-state index is 13.3. The zero-order valence-corrected chi connectivity index (χ0v) is 10.1. The Morgan fingerprint density at radius 3 is 2.50 bits per heavy atom. The van der Waals surface area contributed by atoms with Gasteiger partial charge in [-0.3, -0.25) is 9.59 Å².